The Hall–Kier alpha value is -2.79. The van der Waals surface area contributed by atoms with Crippen LogP contribution in [0.15, 0.2) is 52.9 Å². The SMILES string of the molecule is COc1ccccc1-c1nc(CC(=O)Nc2cccc(Cl)c2)c(C)o1. The highest BCUT2D eigenvalue weighted by Crippen LogP contribution is 2.30. The quantitative estimate of drug-likeness (QED) is 0.731. The molecule has 0 fully saturated rings. The summed E-state index contributed by atoms with van der Waals surface area (Å²) >= 11 is 5.92. The Balaban J connectivity index is 1.77. The average molecular weight is 357 g/mol. The molecule has 25 heavy (non-hydrogen) atoms. The lowest BCUT2D eigenvalue weighted by atomic mass is 10.2. The number of benzene rings is 2. The first-order valence-electron chi connectivity index (χ1n) is 7.72. The molecule has 0 aliphatic heterocycles. The molecule has 128 valence electrons. The maximum Gasteiger partial charge on any atom is 0.230 e. The minimum Gasteiger partial charge on any atom is -0.496 e. The van der Waals surface area contributed by atoms with Crippen molar-refractivity contribution < 1.29 is 13.9 Å². The van der Waals surface area contributed by atoms with Crippen LogP contribution in [0.5, 0.6) is 5.75 Å². The maximum absolute atomic E-state index is 12.3. The van der Waals surface area contributed by atoms with Crippen molar-refractivity contribution in [1.29, 1.82) is 0 Å². The summed E-state index contributed by atoms with van der Waals surface area (Å²) in [5.41, 5.74) is 1.97. The summed E-state index contributed by atoms with van der Waals surface area (Å²) in [6, 6.07) is 14.4. The average Bonchev–Trinajstić information content (AvgIpc) is 2.95. The molecule has 0 atom stereocenters. The number of rotatable bonds is 5. The number of methoxy groups -OCH3 is 1. The summed E-state index contributed by atoms with van der Waals surface area (Å²) in [5.74, 6) is 1.51. The zero-order chi connectivity index (χ0) is 17.8. The zero-order valence-electron chi connectivity index (χ0n) is 13.9. The number of halogens is 1. The number of carbonyl (C=O) groups excluding carboxylic acids is 1. The molecule has 2 aromatic carbocycles. The van der Waals surface area contributed by atoms with E-state index in [4.69, 9.17) is 20.8 Å². The summed E-state index contributed by atoms with van der Waals surface area (Å²) in [5, 5.41) is 3.36. The van der Waals surface area contributed by atoms with Gasteiger partial charge in [0, 0.05) is 10.7 Å². The van der Waals surface area contributed by atoms with E-state index in [1.54, 1.807) is 38.3 Å². The van der Waals surface area contributed by atoms with Crippen LogP contribution in [0, 0.1) is 6.92 Å². The Kier molecular flexibility index (Phi) is 5.05. The first-order chi connectivity index (χ1) is 12.1. The van der Waals surface area contributed by atoms with Gasteiger partial charge in [0.25, 0.3) is 0 Å². The predicted octanol–water partition coefficient (Wildman–Crippen LogP) is 4.49. The van der Waals surface area contributed by atoms with Gasteiger partial charge in [-0.2, -0.15) is 0 Å². The molecule has 0 bridgehead atoms. The number of amides is 1. The Morgan fingerprint density at radius 1 is 1.24 bits per heavy atom. The van der Waals surface area contributed by atoms with Crippen LogP contribution in [0.2, 0.25) is 5.02 Å². The number of para-hydroxylation sites is 1. The molecule has 0 saturated heterocycles. The van der Waals surface area contributed by atoms with Crippen LogP contribution in [0.4, 0.5) is 5.69 Å². The largest absolute Gasteiger partial charge is 0.496 e. The predicted molar refractivity (Wildman–Crippen MR) is 97.0 cm³/mol. The molecule has 3 aromatic rings. The van der Waals surface area contributed by atoms with Gasteiger partial charge in [0.2, 0.25) is 11.8 Å². The molecule has 1 aromatic heterocycles. The number of ether oxygens (including phenoxy) is 1. The number of oxazole rings is 1. The lowest BCUT2D eigenvalue weighted by Gasteiger charge is -2.04. The van der Waals surface area contributed by atoms with Crippen LogP contribution < -0.4 is 10.1 Å². The third-order valence-electron chi connectivity index (χ3n) is 3.67. The van der Waals surface area contributed by atoms with Crippen molar-refractivity contribution >= 4 is 23.2 Å². The number of nitrogens with one attached hydrogen (secondary N) is 1. The molecule has 1 heterocycles. The van der Waals surface area contributed by atoms with Crippen molar-refractivity contribution in [1.82, 2.24) is 4.98 Å². The lowest BCUT2D eigenvalue weighted by Crippen LogP contribution is -2.15. The molecule has 5 nitrogen and oxygen atoms in total. The summed E-state index contributed by atoms with van der Waals surface area (Å²) < 4.78 is 11.0. The standard InChI is InChI=1S/C19H17ClN2O3/c1-12-16(11-18(23)21-14-7-5-6-13(20)10-14)22-19(25-12)15-8-3-4-9-17(15)24-2/h3-10H,11H2,1-2H3,(H,21,23). The molecule has 0 saturated carbocycles. The molecule has 0 aliphatic rings. The maximum atomic E-state index is 12.3. The highest BCUT2D eigenvalue weighted by Gasteiger charge is 2.17. The summed E-state index contributed by atoms with van der Waals surface area (Å²) in [6.07, 6.45) is 0.108. The Bertz CT molecular complexity index is 905. The van der Waals surface area contributed by atoms with Crippen LogP contribution in [0.25, 0.3) is 11.5 Å². The van der Waals surface area contributed by atoms with Crippen LogP contribution in [0.1, 0.15) is 11.5 Å². The number of anilines is 1. The highest BCUT2D eigenvalue weighted by atomic mass is 35.5. The van der Waals surface area contributed by atoms with E-state index in [1.165, 1.54) is 0 Å². The van der Waals surface area contributed by atoms with E-state index in [0.29, 0.717) is 33.8 Å². The monoisotopic (exact) mass is 356 g/mol. The molecule has 0 spiro atoms. The van der Waals surface area contributed by atoms with Crippen LogP contribution in [-0.2, 0) is 11.2 Å². The normalized spacial score (nSPS) is 10.5. The van der Waals surface area contributed by atoms with E-state index < -0.39 is 0 Å². The molecule has 6 heteroatoms. The molecule has 0 unspecified atom stereocenters. The summed E-state index contributed by atoms with van der Waals surface area (Å²) in [7, 11) is 1.59. The number of aryl methyl sites for hydroxylation is 1. The smallest absolute Gasteiger partial charge is 0.230 e. The molecule has 1 N–H and O–H groups in total. The van der Waals surface area contributed by atoms with Gasteiger partial charge >= 0.3 is 0 Å². The fourth-order valence-electron chi connectivity index (χ4n) is 2.45. The first kappa shape index (κ1) is 17.0. The van der Waals surface area contributed by atoms with Crippen molar-refractivity contribution in [2.24, 2.45) is 0 Å². The molecular weight excluding hydrogens is 340 g/mol. The second-order valence-electron chi connectivity index (χ2n) is 5.46. The zero-order valence-corrected chi connectivity index (χ0v) is 14.6. The van der Waals surface area contributed by atoms with E-state index in [9.17, 15) is 4.79 Å². The van der Waals surface area contributed by atoms with Crippen molar-refractivity contribution in [3.8, 4) is 17.2 Å². The van der Waals surface area contributed by atoms with Crippen molar-refractivity contribution in [3.05, 3.63) is 65.0 Å². The van der Waals surface area contributed by atoms with Gasteiger partial charge in [-0.3, -0.25) is 4.79 Å². The van der Waals surface area contributed by atoms with E-state index in [-0.39, 0.29) is 12.3 Å². The second-order valence-corrected chi connectivity index (χ2v) is 5.89. The van der Waals surface area contributed by atoms with E-state index in [2.05, 4.69) is 10.3 Å². The molecule has 0 aliphatic carbocycles. The third-order valence-corrected chi connectivity index (χ3v) is 3.90. The Morgan fingerprint density at radius 3 is 2.80 bits per heavy atom. The van der Waals surface area contributed by atoms with Gasteiger partial charge in [-0.15, -0.1) is 0 Å². The Labute approximate surface area is 150 Å². The molecule has 1 amide bonds. The Morgan fingerprint density at radius 2 is 2.04 bits per heavy atom. The van der Waals surface area contributed by atoms with Crippen molar-refractivity contribution in [2.45, 2.75) is 13.3 Å². The first-order valence-corrected chi connectivity index (χ1v) is 8.09. The van der Waals surface area contributed by atoms with Crippen LogP contribution in [-0.4, -0.2) is 18.0 Å². The molecule has 0 radical (unpaired) electrons. The minimum atomic E-state index is -0.190. The lowest BCUT2D eigenvalue weighted by molar-refractivity contribution is -0.115. The molecule has 3 rings (SSSR count). The minimum absolute atomic E-state index is 0.108. The van der Waals surface area contributed by atoms with E-state index >= 15 is 0 Å². The summed E-state index contributed by atoms with van der Waals surface area (Å²) in [4.78, 5) is 16.7. The van der Waals surface area contributed by atoms with Gasteiger partial charge in [0.05, 0.1) is 24.8 Å². The topological polar surface area (TPSA) is 64.4 Å². The van der Waals surface area contributed by atoms with Gasteiger partial charge in [0.15, 0.2) is 0 Å². The number of hydrogen-bond acceptors (Lipinski definition) is 4. The highest BCUT2D eigenvalue weighted by molar-refractivity contribution is 6.30. The fraction of sp³-hybridized carbons (Fsp3) is 0.158. The number of carbonyl (C=O) groups is 1. The van der Waals surface area contributed by atoms with Gasteiger partial charge in [0.1, 0.15) is 11.5 Å². The van der Waals surface area contributed by atoms with Gasteiger partial charge in [-0.05, 0) is 37.3 Å². The number of hydrogen-bond donors (Lipinski definition) is 1. The van der Waals surface area contributed by atoms with Gasteiger partial charge < -0.3 is 14.5 Å². The van der Waals surface area contributed by atoms with Gasteiger partial charge in [-0.1, -0.05) is 29.8 Å². The van der Waals surface area contributed by atoms with E-state index in [0.717, 1.165) is 5.56 Å². The third kappa shape index (κ3) is 4.00. The van der Waals surface area contributed by atoms with E-state index in [1.807, 2.05) is 24.3 Å². The van der Waals surface area contributed by atoms with Crippen molar-refractivity contribution in [3.63, 3.8) is 0 Å². The number of aromatic nitrogens is 1. The van der Waals surface area contributed by atoms with Gasteiger partial charge in [-0.25, -0.2) is 4.98 Å². The number of nitrogens with zero attached hydrogens (tertiary/aromatic N) is 1. The fourth-order valence-corrected chi connectivity index (χ4v) is 2.64. The second kappa shape index (κ2) is 7.40. The van der Waals surface area contributed by atoms with Crippen LogP contribution in [0.3, 0.4) is 0 Å². The molecular formula is C19H17ClN2O3. The van der Waals surface area contributed by atoms with Crippen molar-refractivity contribution in [2.75, 3.05) is 12.4 Å². The van der Waals surface area contributed by atoms with Crippen LogP contribution >= 0.6 is 11.6 Å². The summed E-state index contributed by atoms with van der Waals surface area (Å²) in [6.45, 7) is 1.79.